The van der Waals surface area contributed by atoms with Gasteiger partial charge in [0.2, 0.25) is 11.8 Å². The maximum Gasteiger partial charge on any atom is 0.410 e. The number of amides is 4. The lowest BCUT2D eigenvalue weighted by Crippen LogP contribution is -2.51. The molecule has 0 radical (unpaired) electrons. The van der Waals surface area contributed by atoms with E-state index in [-0.39, 0.29) is 49.9 Å². The standard InChI is InChI=1S/C34H48N6O5/c1-23(2)40(33(44)45-34(4,5)6)16-15-38(22-32(43)37(8)39-20-26-11-9-10-12-27(26)21-39)31(42)19-35-28-18-25-13-14-30(41)36(7)29(25)17-24(28)3/h9-12,17-18,23,35H,13-16,19-22H2,1-8H3. The normalized spacial score (nSPS) is 14.6. The van der Waals surface area contributed by atoms with E-state index in [1.54, 1.807) is 28.9 Å². The topological polar surface area (TPSA) is 106 Å². The number of ether oxygens (including phenoxy) is 1. The molecule has 0 saturated heterocycles. The fourth-order valence-electron chi connectivity index (χ4n) is 5.62. The minimum absolute atomic E-state index is 0.0331. The Hall–Kier alpha value is -4.12. The zero-order valence-electron chi connectivity index (χ0n) is 28.0. The van der Waals surface area contributed by atoms with Gasteiger partial charge in [0.25, 0.3) is 5.91 Å². The van der Waals surface area contributed by atoms with Crippen molar-refractivity contribution in [3.8, 4) is 0 Å². The summed E-state index contributed by atoms with van der Waals surface area (Å²) < 4.78 is 5.61. The molecule has 2 aliphatic heterocycles. The van der Waals surface area contributed by atoms with Crippen LogP contribution in [0.15, 0.2) is 36.4 Å². The molecule has 2 heterocycles. The van der Waals surface area contributed by atoms with Crippen molar-refractivity contribution >= 4 is 35.2 Å². The third-order valence-electron chi connectivity index (χ3n) is 8.35. The SMILES string of the molecule is Cc1cc2c(cc1NCC(=O)N(CCN(C(=O)OC(C)(C)C)C(C)C)CC(=O)N(C)N1Cc3ccccc3C1)CCC(=O)N2C. The molecule has 0 spiro atoms. The minimum Gasteiger partial charge on any atom is -0.444 e. The zero-order valence-corrected chi connectivity index (χ0v) is 28.0. The van der Waals surface area contributed by atoms with E-state index in [9.17, 15) is 19.2 Å². The van der Waals surface area contributed by atoms with E-state index in [2.05, 4.69) is 17.4 Å². The third-order valence-corrected chi connectivity index (χ3v) is 8.35. The first-order valence-corrected chi connectivity index (χ1v) is 15.6. The summed E-state index contributed by atoms with van der Waals surface area (Å²) in [5, 5.41) is 6.82. The van der Waals surface area contributed by atoms with Crippen LogP contribution in [0.3, 0.4) is 0 Å². The largest absolute Gasteiger partial charge is 0.444 e. The predicted octanol–water partition coefficient (Wildman–Crippen LogP) is 4.18. The molecule has 0 bridgehead atoms. The van der Waals surface area contributed by atoms with E-state index >= 15 is 0 Å². The van der Waals surface area contributed by atoms with Crippen molar-refractivity contribution in [2.45, 2.75) is 79.1 Å². The number of hydrazine groups is 1. The van der Waals surface area contributed by atoms with Gasteiger partial charge in [0.05, 0.1) is 6.54 Å². The summed E-state index contributed by atoms with van der Waals surface area (Å²) in [7, 11) is 3.51. The summed E-state index contributed by atoms with van der Waals surface area (Å²) >= 11 is 0. The summed E-state index contributed by atoms with van der Waals surface area (Å²) in [5.41, 5.74) is 5.34. The summed E-state index contributed by atoms with van der Waals surface area (Å²) in [4.78, 5) is 57.2. The highest BCUT2D eigenvalue weighted by Gasteiger charge is 2.29. The fourth-order valence-corrected chi connectivity index (χ4v) is 5.62. The van der Waals surface area contributed by atoms with Gasteiger partial charge in [-0.3, -0.25) is 19.4 Å². The Balaban J connectivity index is 1.48. The van der Waals surface area contributed by atoms with Crippen molar-refractivity contribution in [1.82, 2.24) is 19.8 Å². The molecule has 0 aromatic heterocycles. The molecule has 0 aliphatic carbocycles. The highest BCUT2D eigenvalue weighted by atomic mass is 16.6. The van der Waals surface area contributed by atoms with E-state index in [4.69, 9.17) is 4.74 Å². The van der Waals surface area contributed by atoms with E-state index in [1.807, 2.05) is 70.8 Å². The second-order valence-electron chi connectivity index (χ2n) is 13.2. The predicted molar refractivity (Wildman–Crippen MR) is 175 cm³/mol. The van der Waals surface area contributed by atoms with Crippen molar-refractivity contribution in [2.24, 2.45) is 0 Å². The minimum atomic E-state index is -0.662. The Morgan fingerprint density at radius 1 is 0.978 bits per heavy atom. The molecule has 0 unspecified atom stereocenters. The van der Waals surface area contributed by atoms with Crippen molar-refractivity contribution in [1.29, 1.82) is 0 Å². The average Bonchev–Trinajstić information content (AvgIpc) is 3.40. The molecule has 0 fully saturated rings. The molecular formula is C34H48N6O5. The van der Waals surface area contributed by atoms with Crippen LogP contribution >= 0.6 is 0 Å². The van der Waals surface area contributed by atoms with Crippen LogP contribution in [0.5, 0.6) is 0 Å². The maximum atomic E-state index is 13.7. The van der Waals surface area contributed by atoms with Gasteiger partial charge in [-0.05, 0) is 82.3 Å². The van der Waals surface area contributed by atoms with Crippen LogP contribution < -0.4 is 10.2 Å². The smallest absolute Gasteiger partial charge is 0.410 e. The molecule has 0 saturated carbocycles. The number of nitrogens with one attached hydrogen (secondary N) is 1. The number of carbonyl (C=O) groups is 4. The molecule has 45 heavy (non-hydrogen) atoms. The Bertz CT molecular complexity index is 1410. The second kappa shape index (κ2) is 13.9. The van der Waals surface area contributed by atoms with Crippen LogP contribution in [-0.4, -0.2) is 95.5 Å². The number of anilines is 2. The Kier molecular flexibility index (Phi) is 10.4. The number of fused-ring (bicyclic) bond motifs is 2. The van der Waals surface area contributed by atoms with Gasteiger partial charge in [-0.2, -0.15) is 0 Å². The van der Waals surface area contributed by atoms with Gasteiger partial charge in [-0.1, -0.05) is 24.3 Å². The van der Waals surface area contributed by atoms with E-state index < -0.39 is 11.7 Å². The number of nitrogens with zero attached hydrogens (tertiary/aromatic N) is 5. The Labute approximate surface area is 267 Å². The highest BCUT2D eigenvalue weighted by Crippen LogP contribution is 2.32. The van der Waals surface area contributed by atoms with Crippen molar-refractivity contribution in [2.75, 3.05) is 50.5 Å². The second-order valence-corrected chi connectivity index (χ2v) is 13.2. The summed E-state index contributed by atoms with van der Waals surface area (Å²) in [5.74, 6) is -0.399. The van der Waals surface area contributed by atoms with E-state index in [1.165, 1.54) is 16.0 Å². The van der Waals surface area contributed by atoms with Crippen LogP contribution in [0.2, 0.25) is 0 Å². The average molecular weight is 621 g/mol. The first-order chi connectivity index (χ1) is 21.1. The van der Waals surface area contributed by atoms with Crippen LogP contribution in [-0.2, 0) is 38.6 Å². The Morgan fingerprint density at radius 3 is 2.22 bits per heavy atom. The molecule has 2 aliphatic rings. The molecule has 11 heteroatoms. The first kappa shape index (κ1) is 33.8. The summed E-state index contributed by atoms with van der Waals surface area (Å²) in [6, 6.07) is 11.9. The molecule has 11 nitrogen and oxygen atoms in total. The molecule has 2 aromatic carbocycles. The van der Waals surface area contributed by atoms with Gasteiger partial charge >= 0.3 is 6.09 Å². The molecule has 2 aromatic rings. The van der Waals surface area contributed by atoms with Crippen molar-refractivity contribution in [3.05, 3.63) is 58.7 Å². The van der Waals surface area contributed by atoms with Gasteiger partial charge in [-0.25, -0.2) is 9.80 Å². The molecule has 0 atom stereocenters. The van der Waals surface area contributed by atoms with Gasteiger partial charge < -0.3 is 24.8 Å². The Morgan fingerprint density at radius 2 is 1.62 bits per heavy atom. The lowest BCUT2D eigenvalue weighted by Gasteiger charge is -2.34. The zero-order chi connectivity index (χ0) is 33.1. The van der Waals surface area contributed by atoms with Crippen LogP contribution in [0.25, 0.3) is 0 Å². The number of hydrogen-bond acceptors (Lipinski definition) is 7. The van der Waals surface area contributed by atoms with Crippen LogP contribution in [0.4, 0.5) is 16.2 Å². The molecular weight excluding hydrogens is 572 g/mol. The summed E-state index contributed by atoms with van der Waals surface area (Å²) in [6.45, 7) is 12.6. The first-order valence-electron chi connectivity index (χ1n) is 15.6. The van der Waals surface area contributed by atoms with Crippen LogP contribution in [0.1, 0.15) is 63.3 Å². The molecule has 244 valence electrons. The number of benzene rings is 2. The molecule has 4 rings (SSSR count). The number of rotatable bonds is 10. The van der Waals surface area contributed by atoms with E-state index in [0.717, 1.165) is 22.5 Å². The number of hydrogen-bond donors (Lipinski definition) is 1. The van der Waals surface area contributed by atoms with Crippen molar-refractivity contribution < 1.29 is 23.9 Å². The lowest BCUT2D eigenvalue weighted by atomic mass is 9.98. The molecule has 4 amide bonds. The maximum absolute atomic E-state index is 13.7. The highest BCUT2D eigenvalue weighted by molar-refractivity contribution is 5.96. The monoisotopic (exact) mass is 620 g/mol. The van der Waals surface area contributed by atoms with Gasteiger partial charge in [-0.15, -0.1) is 0 Å². The van der Waals surface area contributed by atoms with Crippen LogP contribution in [0, 0.1) is 6.92 Å². The summed E-state index contributed by atoms with van der Waals surface area (Å²) in [6.07, 6.45) is 0.625. The van der Waals surface area contributed by atoms with Crippen molar-refractivity contribution in [3.63, 3.8) is 0 Å². The number of aryl methyl sites for hydroxylation is 2. The quantitative estimate of drug-likeness (QED) is 0.425. The van der Waals surface area contributed by atoms with Gasteiger partial charge in [0.15, 0.2) is 0 Å². The third kappa shape index (κ3) is 8.33. The van der Waals surface area contributed by atoms with Gasteiger partial charge in [0.1, 0.15) is 12.1 Å². The fraction of sp³-hybridized carbons (Fsp3) is 0.529. The van der Waals surface area contributed by atoms with E-state index in [0.29, 0.717) is 25.9 Å². The lowest BCUT2D eigenvalue weighted by molar-refractivity contribution is -0.151. The van der Waals surface area contributed by atoms with Gasteiger partial charge in [0, 0.05) is 64.1 Å². The number of likely N-dealkylation sites (N-methyl/N-ethyl adjacent to an activating group) is 1. The molecule has 1 N–H and O–H groups in total. The number of carbonyl (C=O) groups excluding carboxylic acids is 4.